The summed E-state index contributed by atoms with van der Waals surface area (Å²) in [5, 5.41) is 0. The molecule has 0 atom stereocenters. The lowest BCUT2D eigenvalue weighted by atomic mass is 10.1. The molecule has 1 heterocycles. The summed E-state index contributed by atoms with van der Waals surface area (Å²) in [7, 11) is 0. The summed E-state index contributed by atoms with van der Waals surface area (Å²) in [6.45, 7) is 1.85. The Hall–Kier alpha value is -2.16. The minimum atomic E-state index is 0.132. The number of fused-ring (bicyclic) bond motifs is 1. The van der Waals surface area contributed by atoms with Gasteiger partial charge >= 0.3 is 0 Å². The minimum absolute atomic E-state index is 0.132. The molecule has 1 aromatic heterocycles. The second-order valence-electron chi connectivity index (χ2n) is 3.90. The SMILES string of the molecule is CC1=Cc2cc(-n3ccnc3)ccc2C1=O. The fraction of sp³-hybridized carbons (Fsp3) is 0.0769. The molecule has 0 fully saturated rings. The van der Waals surface area contributed by atoms with E-state index < -0.39 is 0 Å². The van der Waals surface area contributed by atoms with Crippen LogP contribution in [-0.2, 0) is 0 Å². The highest BCUT2D eigenvalue weighted by atomic mass is 16.1. The van der Waals surface area contributed by atoms with Crippen LogP contribution in [0.2, 0.25) is 0 Å². The lowest BCUT2D eigenvalue weighted by molar-refractivity contribution is 0.103. The molecule has 0 amide bonds. The molecule has 3 rings (SSSR count). The fourth-order valence-corrected chi connectivity index (χ4v) is 1.96. The van der Waals surface area contributed by atoms with Crippen molar-refractivity contribution in [2.75, 3.05) is 0 Å². The van der Waals surface area contributed by atoms with E-state index in [0.717, 1.165) is 22.4 Å². The maximum Gasteiger partial charge on any atom is 0.189 e. The summed E-state index contributed by atoms with van der Waals surface area (Å²) in [5.74, 6) is 0.132. The zero-order chi connectivity index (χ0) is 11.1. The van der Waals surface area contributed by atoms with Gasteiger partial charge in [-0.25, -0.2) is 4.98 Å². The van der Waals surface area contributed by atoms with Crippen LogP contribution in [0.5, 0.6) is 0 Å². The summed E-state index contributed by atoms with van der Waals surface area (Å²) < 4.78 is 1.92. The highest BCUT2D eigenvalue weighted by molar-refractivity contribution is 6.17. The third kappa shape index (κ3) is 1.21. The van der Waals surface area contributed by atoms with Crippen molar-refractivity contribution in [3.63, 3.8) is 0 Å². The van der Waals surface area contributed by atoms with Gasteiger partial charge in [-0.2, -0.15) is 0 Å². The number of nitrogens with zero attached hydrogens (tertiary/aromatic N) is 2. The zero-order valence-electron chi connectivity index (χ0n) is 8.84. The molecular weight excluding hydrogens is 200 g/mol. The number of carbonyl (C=O) groups is 1. The number of ketones is 1. The third-order valence-corrected chi connectivity index (χ3v) is 2.81. The Morgan fingerprint density at radius 3 is 2.94 bits per heavy atom. The number of allylic oxidation sites excluding steroid dienone is 1. The molecule has 0 unspecified atom stereocenters. The summed E-state index contributed by atoms with van der Waals surface area (Å²) in [6.07, 6.45) is 7.29. The number of hydrogen-bond donors (Lipinski definition) is 0. The van der Waals surface area contributed by atoms with Gasteiger partial charge in [0.25, 0.3) is 0 Å². The van der Waals surface area contributed by atoms with Crippen molar-refractivity contribution in [2.24, 2.45) is 0 Å². The first-order chi connectivity index (χ1) is 7.75. The van der Waals surface area contributed by atoms with Crippen molar-refractivity contribution in [1.29, 1.82) is 0 Å². The number of hydrogen-bond acceptors (Lipinski definition) is 2. The van der Waals surface area contributed by atoms with Gasteiger partial charge in [0.15, 0.2) is 5.78 Å². The van der Waals surface area contributed by atoms with E-state index in [0.29, 0.717) is 0 Å². The van der Waals surface area contributed by atoms with Crippen LogP contribution in [0.3, 0.4) is 0 Å². The van der Waals surface area contributed by atoms with Crippen molar-refractivity contribution < 1.29 is 4.79 Å². The van der Waals surface area contributed by atoms with E-state index in [-0.39, 0.29) is 5.78 Å². The third-order valence-electron chi connectivity index (χ3n) is 2.81. The average molecular weight is 210 g/mol. The van der Waals surface area contributed by atoms with Gasteiger partial charge in [0, 0.05) is 23.6 Å². The van der Waals surface area contributed by atoms with Gasteiger partial charge in [-0.3, -0.25) is 4.79 Å². The Morgan fingerprint density at radius 1 is 1.31 bits per heavy atom. The first-order valence-corrected chi connectivity index (χ1v) is 5.11. The molecule has 0 N–H and O–H groups in total. The van der Waals surface area contributed by atoms with Crippen LogP contribution < -0.4 is 0 Å². The molecule has 2 aromatic rings. The monoisotopic (exact) mass is 210 g/mol. The Labute approximate surface area is 93.1 Å². The van der Waals surface area contributed by atoms with Crippen LogP contribution >= 0.6 is 0 Å². The Bertz CT molecular complexity index is 594. The summed E-state index contributed by atoms with van der Waals surface area (Å²) in [5.41, 5.74) is 3.61. The van der Waals surface area contributed by atoms with E-state index in [1.165, 1.54) is 0 Å². The maximum atomic E-state index is 11.7. The van der Waals surface area contributed by atoms with Gasteiger partial charge in [0.2, 0.25) is 0 Å². The van der Waals surface area contributed by atoms with E-state index in [1.807, 2.05) is 42.0 Å². The van der Waals surface area contributed by atoms with Crippen LogP contribution in [0.15, 0.2) is 42.5 Å². The van der Waals surface area contributed by atoms with Crippen molar-refractivity contribution in [2.45, 2.75) is 6.92 Å². The van der Waals surface area contributed by atoms with E-state index in [9.17, 15) is 4.79 Å². The highest BCUT2D eigenvalue weighted by Crippen LogP contribution is 2.26. The number of aromatic nitrogens is 2. The van der Waals surface area contributed by atoms with Crippen molar-refractivity contribution in [3.8, 4) is 5.69 Å². The van der Waals surface area contributed by atoms with E-state index in [2.05, 4.69) is 4.98 Å². The summed E-state index contributed by atoms with van der Waals surface area (Å²) >= 11 is 0. The molecule has 0 saturated carbocycles. The van der Waals surface area contributed by atoms with Gasteiger partial charge in [-0.15, -0.1) is 0 Å². The Morgan fingerprint density at radius 2 is 2.19 bits per heavy atom. The van der Waals surface area contributed by atoms with Crippen LogP contribution in [0.25, 0.3) is 11.8 Å². The Kier molecular flexibility index (Phi) is 1.80. The average Bonchev–Trinajstić information content (AvgIpc) is 2.88. The van der Waals surface area contributed by atoms with E-state index in [1.54, 1.807) is 12.5 Å². The normalized spacial score (nSPS) is 13.8. The predicted molar refractivity (Wildman–Crippen MR) is 61.5 cm³/mol. The molecular formula is C13H10N2O. The van der Waals surface area contributed by atoms with Crippen LogP contribution in [0.4, 0.5) is 0 Å². The standard InChI is InChI=1S/C13H10N2O/c1-9-6-10-7-11(15-5-4-14-8-15)2-3-12(10)13(9)16/h2-8H,1H3. The topological polar surface area (TPSA) is 34.9 Å². The van der Waals surface area contributed by atoms with Crippen LogP contribution in [0.1, 0.15) is 22.8 Å². The smallest absolute Gasteiger partial charge is 0.189 e. The van der Waals surface area contributed by atoms with Gasteiger partial charge in [-0.1, -0.05) is 0 Å². The van der Waals surface area contributed by atoms with Crippen LogP contribution in [-0.4, -0.2) is 15.3 Å². The molecule has 1 aliphatic rings. The first kappa shape index (κ1) is 9.09. The molecule has 1 aliphatic carbocycles. The van der Waals surface area contributed by atoms with Crippen molar-refractivity contribution in [1.82, 2.24) is 9.55 Å². The summed E-state index contributed by atoms with van der Waals surface area (Å²) in [6, 6.07) is 5.82. The fourth-order valence-electron chi connectivity index (χ4n) is 1.96. The van der Waals surface area contributed by atoms with Gasteiger partial charge in [-0.05, 0) is 42.3 Å². The number of rotatable bonds is 1. The quantitative estimate of drug-likeness (QED) is 0.724. The van der Waals surface area contributed by atoms with Crippen LogP contribution in [0, 0.1) is 0 Å². The molecule has 0 saturated heterocycles. The largest absolute Gasteiger partial charge is 0.306 e. The number of carbonyl (C=O) groups excluding carboxylic acids is 1. The zero-order valence-corrected chi connectivity index (χ0v) is 8.84. The first-order valence-electron chi connectivity index (χ1n) is 5.11. The molecule has 0 radical (unpaired) electrons. The van der Waals surface area contributed by atoms with Gasteiger partial charge in [0.05, 0.1) is 6.33 Å². The number of benzene rings is 1. The molecule has 0 aliphatic heterocycles. The molecule has 16 heavy (non-hydrogen) atoms. The number of Topliss-reactive ketones (excluding diaryl/α,β-unsaturated/α-hetero) is 1. The Balaban J connectivity index is 2.14. The highest BCUT2D eigenvalue weighted by Gasteiger charge is 2.19. The second-order valence-corrected chi connectivity index (χ2v) is 3.90. The lowest BCUT2D eigenvalue weighted by Crippen LogP contribution is -1.97. The van der Waals surface area contributed by atoms with E-state index >= 15 is 0 Å². The van der Waals surface area contributed by atoms with E-state index in [4.69, 9.17) is 0 Å². The van der Waals surface area contributed by atoms with Crippen molar-refractivity contribution in [3.05, 3.63) is 53.6 Å². The molecule has 1 aromatic carbocycles. The minimum Gasteiger partial charge on any atom is -0.306 e. The maximum absolute atomic E-state index is 11.7. The second kappa shape index (κ2) is 3.17. The molecule has 0 bridgehead atoms. The van der Waals surface area contributed by atoms with Gasteiger partial charge < -0.3 is 4.57 Å². The predicted octanol–water partition coefficient (Wildman–Crippen LogP) is 2.47. The summed E-state index contributed by atoms with van der Waals surface area (Å²) in [4.78, 5) is 15.7. The van der Waals surface area contributed by atoms with Crippen molar-refractivity contribution >= 4 is 11.9 Å². The molecule has 3 nitrogen and oxygen atoms in total. The number of imidazole rings is 1. The van der Waals surface area contributed by atoms with Gasteiger partial charge in [0.1, 0.15) is 0 Å². The molecule has 3 heteroatoms. The molecule has 78 valence electrons. The lowest BCUT2D eigenvalue weighted by Gasteiger charge is -2.04. The molecule has 0 spiro atoms.